The molecule has 2 aromatic rings. The zero-order valence-corrected chi connectivity index (χ0v) is 10.9. The number of hydrogen-bond donors (Lipinski definition) is 2. The van der Waals surface area contributed by atoms with E-state index in [2.05, 4.69) is 15.6 Å². The summed E-state index contributed by atoms with van der Waals surface area (Å²) in [5.41, 5.74) is -0.369. The lowest BCUT2D eigenvalue weighted by Gasteiger charge is -2.09. The number of alkyl halides is 3. The molecule has 2 rings (SSSR count). The first-order valence-corrected chi connectivity index (χ1v) is 6.43. The van der Waals surface area contributed by atoms with E-state index in [-0.39, 0.29) is 6.54 Å². The van der Waals surface area contributed by atoms with E-state index in [0.29, 0.717) is 10.7 Å². The van der Waals surface area contributed by atoms with Crippen molar-refractivity contribution in [2.75, 3.05) is 5.32 Å². The van der Waals surface area contributed by atoms with E-state index < -0.39 is 17.8 Å². The Morgan fingerprint density at radius 1 is 1.35 bits per heavy atom. The topological polar surface area (TPSA) is 54.0 Å². The van der Waals surface area contributed by atoms with Crippen molar-refractivity contribution in [2.24, 2.45) is 0 Å². The summed E-state index contributed by atoms with van der Waals surface area (Å²) >= 11 is 1.25. The Kier molecular flexibility index (Phi) is 4.23. The quantitative estimate of drug-likeness (QED) is 0.912. The molecule has 0 fully saturated rings. The van der Waals surface area contributed by atoms with Crippen LogP contribution in [0.3, 0.4) is 0 Å². The molecule has 1 heterocycles. The van der Waals surface area contributed by atoms with Gasteiger partial charge in [-0.2, -0.15) is 13.2 Å². The van der Waals surface area contributed by atoms with E-state index >= 15 is 0 Å². The number of nitrogens with one attached hydrogen (secondary N) is 2. The van der Waals surface area contributed by atoms with E-state index in [4.69, 9.17) is 0 Å². The van der Waals surface area contributed by atoms with Crippen LogP contribution in [0.4, 0.5) is 23.1 Å². The molecule has 8 heteroatoms. The summed E-state index contributed by atoms with van der Waals surface area (Å²) in [5.74, 6) is 0. The molecule has 0 radical (unpaired) electrons. The van der Waals surface area contributed by atoms with E-state index in [0.717, 1.165) is 12.1 Å². The predicted octanol–water partition coefficient (Wildman–Crippen LogP) is 3.48. The minimum absolute atomic E-state index is 0.00112. The number of halogens is 3. The second-order valence-corrected chi connectivity index (χ2v) is 4.74. The van der Waals surface area contributed by atoms with Gasteiger partial charge in [-0.1, -0.05) is 12.1 Å². The highest BCUT2D eigenvalue weighted by atomic mass is 32.1. The van der Waals surface area contributed by atoms with Gasteiger partial charge in [0.05, 0.1) is 5.56 Å². The number of rotatable bonds is 3. The maximum Gasteiger partial charge on any atom is 0.416 e. The number of aromatic nitrogens is 1. The molecule has 4 nitrogen and oxygen atoms in total. The molecule has 2 N–H and O–H groups in total. The van der Waals surface area contributed by atoms with E-state index in [1.807, 2.05) is 0 Å². The SMILES string of the molecule is O=C(NCc1cccc(C(F)(F)F)c1)Nc1nccs1. The molecule has 0 aliphatic rings. The van der Waals surface area contributed by atoms with E-state index in [1.54, 1.807) is 5.38 Å². The Morgan fingerprint density at radius 2 is 2.15 bits per heavy atom. The molecule has 0 saturated carbocycles. The maximum atomic E-state index is 12.5. The monoisotopic (exact) mass is 301 g/mol. The Morgan fingerprint density at radius 3 is 2.80 bits per heavy atom. The third-order valence-electron chi connectivity index (χ3n) is 2.36. The molecule has 0 atom stereocenters. The summed E-state index contributed by atoms with van der Waals surface area (Å²) in [6, 6.07) is 4.29. The Bertz CT molecular complexity index is 584. The van der Waals surface area contributed by atoms with Crippen LogP contribution in [0.2, 0.25) is 0 Å². The fraction of sp³-hybridized carbons (Fsp3) is 0.167. The van der Waals surface area contributed by atoms with Gasteiger partial charge in [-0.25, -0.2) is 9.78 Å². The molecule has 20 heavy (non-hydrogen) atoms. The number of urea groups is 1. The molecule has 0 aliphatic carbocycles. The molecular formula is C12H10F3N3OS. The largest absolute Gasteiger partial charge is 0.416 e. The van der Waals surface area contributed by atoms with Crippen LogP contribution in [0, 0.1) is 0 Å². The second-order valence-electron chi connectivity index (χ2n) is 3.84. The number of benzene rings is 1. The van der Waals surface area contributed by atoms with Crippen LogP contribution in [0.25, 0.3) is 0 Å². The van der Waals surface area contributed by atoms with E-state index in [1.165, 1.54) is 29.7 Å². The number of anilines is 1. The third-order valence-corrected chi connectivity index (χ3v) is 3.05. The average Bonchev–Trinajstić information content (AvgIpc) is 2.88. The van der Waals surface area contributed by atoms with Crippen LogP contribution in [-0.4, -0.2) is 11.0 Å². The lowest BCUT2D eigenvalue weighted by Crippen LogP contribution is -2.28. The molecule has 0 aliphatic heterocycles. The first kappa shape index (κ1) is 14.3. The van der Waals surface area contributed by atoms with Gasteiger partial charge in [0.1, 0.15) is 0 Å². The summed E-state index contributed by atoms with van der Waals surface area (Å²) in [6.45, 7) is 0.00112. The lowest BCUT2D eigenvalue weighted by molar-refractivity contribution is -0.137. The van der Waals surface area contributed by atoms with Crippen LogP contribution in [0.5, 0.6) is 0 Å². The van der Waals surface area contributed by atoms with Crippen LogP contribution in [0.1, 0.15) is 11.1 Å². The fourth-order valence-electron chi connectivity index (χ4n) is 1.47. The van der Waals surface area contributed by atoms with Gasteiger partial charge >= 0.3 is 12.2 Å². The number of carbonyl (C=O) groups excluding carboxylic acids is 1. The summed E-state index contributed by atoms with van der Waals surface area (Å²) in [5, 5.41) is 7.06. The van der Waals surface area contributed by atoms with Crippen LogP contribution < -0.4 is 10.6 Å². The van der Waals surface area contributed by atoms with Crippen molar-refractivity contribution >= 4 is 22.5 Å². The maximum absolute atomic E-state index is 12.5. The smallest absolute Gasteiger partial charge is 0.334 e. The van der Waals surface area contributed by atoms with Gasteiger partial charge in [-0.3, -0.25) is 5.32 Å². The van der Waals surface area contributed by atoms with Crippen molar-refractivity contribution < 1.29 is 18.0 Å². The van der Waals surface area contributed by atoms with Gasteiger partial charge in [0.25, 0.3) is 0 Å². The Balaban J connectivity index is 1.92. The fourth-order valence-corrected chi connectivity index (χ4v) is 1.99. The summed E-state index contributed by atoms with van der Waals surface area (Å²) in [4.78, 5) is 15.3. The number of hydrogen-bond acceptors (Lipinski definition) is 3. The summed E-state index contributed by atoms with van der Waals surface area (Å²) < 4.78 is 37.5. The van der Waals surface area contributed by atoms with Crippen molar-refractivity contribution in [1.82, 2.24) is 10.3 Å². The number of amides is 2. The molecule has 1 aromatic carbocycles. The normalized spacial score (nSPS) is 11.2. The van der Waals surface area contributed by atoms with Crippen LogP contribution in [0.15, 0.2) is 35.8 Å². The minimum atomic E-state index is -4.39. The number of carbonyl (C=O) groups is 1. The molecular weight excluding hydrogens is 291 g/mol. The van der Waals surface area contributed by atoms with Crippen molar-refractivity contribution in [1.29, 1.82) is 0 Å². The average molecular weight is 301 g/mol. The molecule has 0 unspecified atom stereocenters. The second kappa shape index (κ2) is 5.91. The van der Waals surface area contributed by atoms with Crippen molar-refractivity contribution in [3.8, 4) is 0 Å². The third kappa shape index (κ3) is 3.95. The lowest BCUT2D eigenvalue weighted by atomic mass is 10.1. The van der Waals surface area contributed by atoms with Gasteiger partial charge in [-0.05, 0) is 17.7 Å². The number of nitrogens with zero attached hydrogens (tertiary/aromatic N) is 1. The molecule has 1 aromatic heterocycles. The van der Waals surface area contributed by atoms with Crippen molar-refractivity contribution in [3.63, 3.8) is 0 Å². The molecule has 0 saturated heterocycles. The highest BCUT2D eigenvalue weighted by molar-refractivity contribution is 7.13. The van der Waals surface area contributed by atoms with Crippen molar-refractivity contribution in [3.05, 3.63) is 47.0 Å². The van der Waals surface area contributed by atoms with Crippen LogP contribution in [-0.2, 0) is 12.7 Å². The van der Waals surface area contributed by atoms with E-state index in [9.17, 15) is 18.0 Å². The van der Waals surface area contributed by atoms with Gasteiger partial charge in [0, 0.05) is 18.1 Å². The highest BCUT2D eigenvalue weighted by Crippen LogP contribution is 2.29. The number of thiazole rings is 1. The Labute approximate surface area is 116 Å². The van der Waals surface area contributed by atoms with Crippen molar-refractivity contribution in [2.45, 2.75) is 12.7 Å². The van der Waals surface area contributed by atoms with Gasteiger partial charge in [0.15, 0.2) is 5.13 Å². The standard InChI is InChI=1S/C12H10F3N3OS/c13-12(14,15)9-3-1-2-8(6-9)7-17-10(19)18-11-16-4-5-20-11/h1-6H,7H2,(H2,16,17,18,19). The predicted molar refractivity (Wildman–Crippen MR) is 69.4 cm³/mol. The van der Waals surface area contributed by atoms with Gasteiger partial charge in [0.2, 0.25) is 0 Å². The first-order valence-electron chi connectivity index (χ1n) is 5.55. The zero-order chi connectivity index (χ0) is 14.6. The zero-order valence-electron chi connectivity index (χ0n) is 10.1. The molecule has 2 amide bonds. The highest BCUT2D eigenvalue weighted by Gasteiger charge is 2.30. The van der Waals surface area contributed by atoms with Gasteiger partial charge in [-0.15, -0.1) is 11.3 Å². The molecule has 0 bridgehead atoms. The minimum Gasteiger partial charge on any atom is -0.334 e. The van der Waals surface area contributed by atoms with Crippen LogP contribution >= 0.6 is 11.3 Å². The van der Waals surface area contributed by atoms with Gasteiger partial charge < -0.3 is 5.32 Å². The summed E-state index contributed by atoms with van der Waals surface area (Å²) in [7, 11) is 0. The summed E-state index contributed by atoms with van der Waals surface area (Å²) in [6.07, 6.45) is -2.85. The Hall–Kier alpha value is -2.09. The first-order chi connectivity index (χ1) is 9.45. The molecule has 106 valence electrons. The molecule has 0 spiro atoms.